The second kappa shape index (κ2) is 6.78. The first-order valence-electron chi connectivity index (χ1n) is 8.30. The second-order valence-corrected chi connectivity index (χ2v) is 6.01. The molecular formula is C20H21N5. The fourth-order valence-electron chi connectivity index (χ4n) is 3.17. The molecule has 0 saturated carbocycles. The van der Waals surface area contributed by atoms with Gasteiger partial charge in [-0.1, -0.05) is 30.3 Å². The molecule has 3 rings (SSSR count). The molecule has 0 aliphatic rings. The molecular weight excluding hydrogens is 310 g/mol. The first kappa shape index (κ1) is 16.7. The lowest BCUT2D eigenvalue weighted by Gasteiger charge is -2.05. The minimum Gasteiger partial charge on any atom is -0.349 e. The Morgan fingerprint density at radius 2 is 1.92 bits per heavy atom. The third kappa shape index (κ3) is 2.99. The highest BCUT2D eigenvalue weighted by Crippen LogP contribution is 2.24. The van der Waals surface area contributed by atoms with Gasteiger partial charge < -0.3 is 9.13 Å². The molecule has 5 heteroatoms. The molecule has 0 atom stereocenters. The van der Waals surface area contributed by atoms with Crippen molar-refractivity contribution >= 4 is 11.6 Å². The smallest absolute Gasteiger partial charge is 0.174 e. The summed E-state index contributed by atoms with van der Waals surface area (Å²) in [5.41, 5.74) is 4.86. The van der Waals surface area contributed by atoms with Crippen LogP contribution in [0.5, 0.6) is 0 Å². The van der Waals surface area contributed by atoms with Crippen LogP contribution in [0.1, 0.15) is 29.7 Å². The van der Waals surface area contributed by atoms with E-state index in [2.05, 4.69) is 47.7 Å². The Hall–Kier alpha value is -3.13. The van der Waals surface area contributed by atoms with Gasteiger partial charge in [-0.3, -0.25) is 0 Å². The van der Waals surface area contributed by atoms with Gasteiger partial charge in [0.2, 0.25) is 0 Å². The Balaban J connectivity index is 2.06. The Morgan fingerprint density at radius 3 is 2.52 bits per heavy atom. The monoisotopic (exact) mass is 331 g/mol. The van der Waals surface area contributed by atoms with Crippen LogP contribution in [0, 0.1) is 25.2 Å². The second-order valence-electron chi connectivity index (χ2n) is 6.01. The highest BCUT2D eigenvalue weighted by molar-refractivity contribution is 5.88. The molecule has 126 valence electrons. The molecule has 1 aromatic carbocycles. The van der Waals surface area contributed by atoms with Crippen molar-refractivity contribution in [3.05, 3.63) is 59.2 Å². The molecule has 0 radical (unpaired) electrons. The van der Waals surface area contributed by atoms with Crippen molar-refractivity contribution in [2.45, 2.75) is 27.3 Å². The number of aryl methyl sites for hydroxylation is 1. The lowest BCUT2D eigenvalue weighted by molar-refractivity contribution is 0.718. The molecule has 0 unspecified atom stereocenters. The zero-order chi connectivity index (χ0) is 18.0. The number of allylic oxidation sites excluding steroid dienone is 1. The summed E-state index contributed by atoms with van der Waals surface area (Å²) in [5.74, 6) is 1.32. The summed E-state index contributed by atoms with van der Waals surface area (Å²) in [7, 11) is 1.89. The van der Waals surface area contributed by atoms with Crippen LogP contribution >= 0.6 is 0 Å². The van der Waals surface area contributed by atoms with Gasteiger partial charge in [0.1, 0.15) is 6.07 Å². The molecule has 0 bridgehead atoms. The first-order chi connectivity index (χ1) is 12.1. The largest absolute Gasteiger partial charge is 0.349 e. The van der Waals surface area contributed by atoms with Gasteiger partial charge in [0.25, 0.3) is 0 Å². The molecule has 0 amide bonds. The SMILES string of the molecule is CCn1c(C)cc(C=C(C#N)c2nnc(-c3ccccc3)n2C)c1C. The van der Waals surface area contributed by atoms with E-state index in [9.17, 15) is 5.26 Å². The average Bonchev–Trinajstić information content (AvgIpc) is 3.13. The summed E-state index contributed by atoms with van der Waals surface area (Å²) in [5, 5.41) is 18.2. The lowest BCUT2D eigenvalue weighted by atomic mass is 10.1. The number of nitriles is 1. The van der Waals surface area contributed by atoms with Crippen molar-refractivity contribution in [2.75, 3.05) is 0 Å². The molecule has 0 spiro atoms. The maximum atomic E-state index is 9.66. The van der Waals surface area contributed by atoms with Crippen LogP contribution in [0.25, 0.3) is 23.0 Å². The molecule has 0 N–H and O–H groups in total. The van der Waals surface area contributed by atoms with E-state index < -0.39 is 0 Å². The predicted molar refractivity (Wildman–Crippen MR) is 99.5 cm³/mol. The highest BCUT2D eigenvalue weighted by atomic mass is 15.3. The van der Waals surface area contributed by atoms with E-state index in [0.29, 0.717) is 11.4 Å². The maximum Gasteiger partial charge on any atom is 0.174 e. The lowest BCUT2D eigenvalue weighted by Crippen LogP contribution is -2.00. The third-order valence-electron chi connectivity index (χ3n) is 4.50. The highest BCUT2D eigenvalue weighted by Gasteiger charge is 2.15. The predicted octanol–water partition coefficient (Wildman–Crippen LogP) is 3.98. The summed E-state index contributed by atoms with van der Waals surface area (Å²) in [4.78, 5) is 0. The van der Waals surface area contributed by atoms with Crippen LogP contribution in [0.3, 0.4) is 0 Å². The van der Waals surface area contributed by atoms with Crippen molar-refractivity contribution in [3.8, 4) is 17.5 Å². The Kier molecular flexibility index (Phi) is 4.53. The number of rotatable bonds is 4. The van der Waals surface area contributed by atoms with E-state index in [4.69, 9.17) is 0 Å². The summed E-state index contributed by atoms with van der Waals surface area (Å²) < 4.78 is 4.09. The Bertz CT molecular complexity index is 968. The van der Waals surface area contributed by atoms with Gasteiger partial charge in [0.15, 0.2) is 11.6 Å². The molecule has 0 aliphatic carbocycles. The van der Waals surface area contributed by atoms with Crippen molar-refractivity contribution in [2.24, 2.45) is 7.05 Å². The standard InChI is InChI=1S/C20H21N5/c1-5-25-14(2)11-17(15(25)3)12-18(13-21)20-23-22-19(24(20)4)16-9-7-6-8-10-16/h6-12H,5H2,1-4H3. The van der Waals surface area contributed by atoms with Gasteiger partial charge in [-0.2, -0.15) is 5.26 Å². The Morgan fingerprint density at radius 1 is 1.20 bits per heavy atom. The molecule has 2 aromatic heterocycles. The van der Waals surface area contributed by atoms with Crippen molar-refractivity contribution in [1.29, 1.82) is 5.26 Å². The van der Waals surface area contributed by atoms with Crippen molar-refractivity contribution in [3.63, 3.8) is 0 Å². The van der Waals surface area contributed by atoms with Crippen LogP contribution in [-0.2, 0) is 13.6 Å². The van der Waals surface area contributed by atoms with Gasteiger partial charge in [0, 0.05) is 30.5 Å². The Labute approximate surface area is 147 Å². The van der Waals surface area contributed by atoms with Gasteiger partial charge >= 0.3 is 0 Å². The first-order valence-corrected chi connectivity index (χ1v) is 8.30. The van der Waals surface area contributed by atoms with E-state index >= 15 is 0 Å². The van der Waals surface area contributed by atoms with Gasteiger partial charge in [-0.25, -0.2) is 0 Å². The molecule has 5 nitrogen and oxygen atoms in total. The fourth-order valence-corrected chi connectivity index (χ4v) is 3.17. The molecule has 0 fully saturated rings. The van der Waals surface area contributed by atoms with Gasteiger partial charge in [-0.15, -0.1) is 10.2 Å². The van der Waals surface area contributed by atoms with Crippen LogP contribution < -0.4 is 0 Å². The van der Waals surface area contributed by atoms with E-state index in [1.54, 1.807) is 0 Å². The van der Waals surface area contributed by atoms with Crippen molar-refractivity contribution < 1.29 is 0 Å². The zero-order valence-corrected chi connectivity index (χ0v) is 15.0. The summed E-state index contributed by atoms with van der Waals surface area (Å²) >= 11 is 0. The number of benzene rings is 1. The minimum atomic E-state index is 0.508. The van der Waals surface area contributed by atoms with Gasteiger partial charge in [-0.05, 0) is 38.5 Å². The maximum absolute atomic E-state index is 9.66. The molecule has 0 saturated heterocycles. The van der Waals surface area contributed by atoms with E-state index in [-0.39, 0.29) is 0 Å². The van der Waals surface area contributed by atoms with Crippen molar-refractivity contribution in [1.82, 2.24) is 19.3 Å². The van der Waals surface area contributed by atoms with Crippen LogP contribution in [0.15, 0.2) is 36.4 Å². The molecule has 0 aliphatic heterocycles. The number of hydrogen-bond acceptors (Lipinski definition) is 3. The average molecular weight is 331 g/mol. The fraction of sp³-hybridized carbons (Fsp3) is 0.250. The number of nitrogens with zero attached hydrogens (tertiary/aromatic N) is 5. The minimum absolute atomic E-state index is 0.508. The molecule has 3 aromatic rings. The summed E-state index contributed by atoms with van der Waals surface area (Å²) in [6.07, 6.45) is 1.90. The van der Waals surface area contributed by atoms with Crippen LogP contribution in [0.4, 0.5) is 0 Å². The normalized spacial score (nSPS) is 11.6. The number of hydrogen-bond donors (Lipinski definition) is 0. The summed E-state index contributed by atoms with van der Waals surface area (Å²) in [6.45, 7) is 7.18. The van der Waals surface area contributed by atoms with Crippen LogP contribution in [0.2, 0.25) is 0 Å². The molecule has 2 heterocycles. The zero-order valence-electron chi connectivity index (χ0n) is 15.0. The topological polar surface area (TPSA) is 59.4 Å². The van der Waals surface area contributed by atoms with E-state index in [1.807, 2.05) is 48.0 Å². The van der Waals surface area contributed by atoms with Crippen LogP contribution in [-0.4, -0.2) is 19.3 Å². The quantitative estimate of drug-likeness (QED) is 0.679. The third-order valence-corrected chi connectivity index (χ3v) is 4.50. The van der Waals surface area contributed by atoms with E-state index in [1.165, 1.54) is 5.69 Å². The van der Waals surface area contributed by atoms with Gasteiger partial charge in [0.05, 0.1) is 5.57 Å². The summed E-state index contributed by atoms with van der Waals surface area (Å²) in [6, 6.07) is 14.2. The van der Waals surface area contributed by atoms with E-state index in [0.717, 1.165) is 29.2 Å². The molecule has 25 heavy (non-hydrogen) atoms. The number of aromatic nitrogens is 4.